The highest BCUT2D eigenvalue weighted by Crippen LogP contribution is 2.29. The van der Waals surface area contributed by atoms with Crippen LogP contribution in [0.25, 0.3) is 5.82 Å². The smallest absolute Gasteiger partial charge is 0.417 e. The maximum Gasteiger partial charge on any atom is 0.417 e. The molecule has 33 heavy (non-hydrogen) atoms. The minimum atomic E-state index is -4.44. The van der Waals surface area contributed by atoms with Crippen molar-refractivity contribution in [3.63, 3.8) is 0 Å². The van der Waals surface area contributed by atoms with Crippen LogP contribution in [0.2, 0.25) is 0 Å². The molecule has 0 aliphatic carbocycles. The molecule has 1 N–H and O–H groups in total. The van der Waals surface area contributed by atoms with Gasteiger partial charge in [-0.05, 0) is 48.9 Å². The molecule has 1 aromatic carbocycles. The number of aryl methyl sites for hydroxylation is 2. The van der Waals surface area contributed by atoms with Gasteiger partial charge in [-0.3, -0.25) is 4.79 Å². The lowest BCUT2D eigenvalue weighted by Crippen LogP contribution is -2.07. The van der Waals surface area contributed by atoms with E-state index in [0.29, 0.717) is 36.6 Å². The molecular weight excluding hydrogens is 435 g/mol. The number of carboxylic acid groups (broad SMARTS) is 1. The topological polar surface area (TPSA) is 77.2 Å². The predicted molar refractivity (Wildman–Crippen MR) is 117 cm³/mol. The number of benzene rings is 1. The monoisotopic (exact) mass is 461 g/mol. The highest BCUT2D eigenvalue weighted by Gasteiger charge is 2.30. The van der Waals surface area contributed by atoms with Crippen LogP contribution in [-0.2, 0) is 23.8 Å². The quantitative estimate of drug-likeness (QED) is 0.434. The van der Waals surface area contributed by atoms with Gasteiger partial charge < -0.3 is 9.84 Å². The van der Waals surface area contributed by atoms with Crippen molar-refractivity contribution in [2.75, 3.05) is 6.61 Å². The molecule has 0 saturated heterocycles. The lowest BCUT2D eigenvalue weighted by molar-refractivity contribution is -0.138. The number of ether oxygens (including phenoxy) is 1. The van der Waals surface area contributed by atoms with Crippen LogP contribution in [0.4, 0.5) is 13.2 Å². The first-order chi connectivity index (χ1) is 15.6. The second-order valence-corrected chi connectivity index (χ2v) is 8.13. The van der Waals surface area contributed by atoms with E-state index in [1.807, 2.05) is 26.8 Å². The van der Waals surface area contributed by atoms with Gasteiger partial charge in [-0.2, -0.15) is 18.3 Å². The Bertz CT molecular complexity index is 1110. The van der Waals surface area contributed by atoms with E-state index in [4.69, 9.17) is 9.84 Å². The van der Waals surface area contributed by atoms with Crippen molar-refractivity contribution in [3.05, 3.63) is 70.7 Å². The molecule has 0 aliphatic heterocycles. The molecule has 3 aromatic rings. The van der Waals surface area contributed by atoms with Crippen LogP contribution in [-0.4, -0.2) is 32.4 Å². The minimum absolute atomic E-state index is 0.110. The minimum Gasteiger partial charge on any atom is -0.493 e. The molecule has 0 spiro atoms. The van der Waals surface area contributed by atoms with Crippen molar-refractivity contribution in [3.8, 4) is 11.6 Å². The third-order valence-electron chi connectivity index (χ3n) is 5.15. The van der Waals surface area contributed by atoms with Crippen molar-refractivity contribution >= 4 is 5.97 Å². The predicted octanol–water partition coefficient (Wildman–Crippen LogP) is 5.36. The Kier molecular flexibility index (Phi) is 7.40. The summed E-state index contributed by atoms with van der Waals surface area (Å²) in [4.78, 5) is 15.0. The molecule has 6 nitrogen and oxygen atoms in total. The third kappa shape index (κ3) is 6.12. The van der Waals surface area contributed by atoms with Crippen molar-refractivity contribution < 1.29 is 27.8 Å². The fourth-order valence-corrected chi connectivity index (χ4v) is 3.57. The zero-order valence-corrected chi connectivity index (χ0v) is 18.7. The number of carbonyl (C=O) groups is 1. The van der Waals surface area contributed by atoms with E-state index < -0.39 is 17.7 Å². The summed E-state index contributed by atoms with van der Waals surface area (Å²) < 4.78 is 45.8. The Hall–Kier alpha value is -3.36. The summed E-state index contributed by atoms with van der Waals surface area (Å²) in [6.45, 7) is 6.26. The standard InChI is InChI=1S/C24H26F3N3O3/c1-15(2)22-18(14-30(29-22)20-10-9-19(13-28-20)24(25,26)27)8-5-11-33-23-16(3)6-4-7-17(23)12-21(31)32/h4,6-7,9-10,13-15H,5,8,11-12H2,1-3H3,(H,31,32). The summed E-state index contributed by atoms with van der Waals surface area (Å²) in [7, 11) is 0. The second-order valence-electron chi connectivity index (χ2n) is 8.13. The Morgan fingerprint density at radius 3 is 2.55 bits per heavy atom. The number of halogens is 3. The van der Waals surface area contributed by atoms with Gasteiger partial charge in [0.2, 0.25) is 0 Å². The summed E-state index contributed by atoms with van der Waals surface area (Å²) in [6, 6.07) is 7.71. The van der Waals surface area contributed by atoms with Crippen LogP contribution >= 0.6 is 0 Å². The van der Waals surface area contributed by atoms with Gasteiger partial charge >= 0.3 is 12.1 Å². The number of aliphatic carboxylic acids is 1. The number of nitrogens with zero attached hydrogens (tertiary/aromatic N) is 3. The zero-order valence-electron chi connectivity index (χ0n) is 18.7. The summed E-state index contributed by atoms with van der Waals surface area (Å²) in [5.41, 5.74) is 2.51. The zero-order chi connectivity index (χ0) is 24.2. The van der Waals surface area contributed by atoms with Crippen LogP contribution in [0.5, 0.6) is 5.75 Å². The van der Waals surface area contributed by atoms with E-state index in [1.54, 1.807) is 18.3 Å². The van der Waals surface area contributed by atoms with E-state index in [0.717, 1.165) is 29.1 Å². The first-order valence-electron chi connectivity index (χ1n) is 10.6. The van der Waals surface area contributed by atoms with Gasteiger partial charge in [-0.25, -0.2) is 9.67 Å². The average Bonchev–Trinajstić information content (AvgIpc) is 3.16. The number of hydrogen-bond acceptors (Lipinski definition) is 4. The Morgan fingerprint density at radius 1 is 1.18 bits per heavy atom. The third-order valence-corrected chi connectivity index (χ3v) is 5.15. The van der Waals surface area contributed by atoms with Gasteiger partial charge in [-0.1, -0.05) is 32.0 Å². The van der Waals surface area contributed by atoms with Gasteiger partial charge in [0.1, 0.15) is 5.75 Å². The Balaban J connectivity index is 1.70. The normalized spacial score (nSPS) is 11.7. The van der Waals surface area contributed by atoms with Crippen molar-refractivity contribution in [1.29, 1.82) is 0 Å². The lowest BCUT2D eigenvalue weighted by Gasteiger charge is -2.13. The summed E-state index contributed by atoms with van der Waals surface area (Å²) in [5, 5.41) is 13.6. The van der Waals surface area contributed by atoms with Crippen molar-refractivity contribution in [2.24, 2.45) is 0 Å². The molecule has 2 aromatic heterocycles. The molecule has 0 atom stereocenters. The molecule has 0 radical (unpaired) electrons. The SMILES string of the molecule is Cc1cccc(CC(=O)O)c1OCCCc1cn(-c2ccc(C(F)(F)F)cn2)nc1C(C)C. The van der Waals surface area contributed by atoms with Gasteiger partial charge in [0, 0.05) is 18.0 Å². The fraction of sp³-hybridized carbons (Fsp3) is 0.375. The van der Waals surface area contributed by atoms with E-state index >= 15 is 0 Å². The number of rotatable bonds is 9. The molecule has 0 bridgehead atoms. The molecule has 0 fully saturated rings. The van der Waals surface area contributed by atoms with E-state index in [1.165, 1.54) is 10.7 Å². The first kappa shape index (κ1) is 24.3. The molecule has 0 saturated carbocycles. The van der Waals surface area contributed by atoms with Crippen LogP contribution in [0.15, 0.2) is 42.7 Å². The fourth-order valence-electron chi connectivity index (χ4n) is 3.57. The highest BCUT2D eigenvalue weighted by atomic mass is 19.4. The second kappa shape index (κ2) is 10.1. The molecule has 3 rings (SSSR count). The molecule has 0 unspecified atom stereocenters. The maximum atomic E-state index is 12.8. The Labute approximate surface area is 190 Å². The molecular formula is C24H26F3N3O3. The molecule has 2 heterocycles. The van der Waals surface area contributed by atoms with Gasteiger partial charge in [0.05, 0.1) is 24.3 Å². The van der Waals surface area contributed by atoms with Crippen LogP contribution < -0.4 is 4.74 Å². The van der Waals surface area contributed by atoms with Crippen LogP contribution in [0.3, 0.4) is 0 Å². The molecule has 0 amide bonds. The van der Waals surface area contributed by atoms with Crippen LogP contribution in [0.1, 0.15) is 54.1 Å². The maximum absolute atomic E-state index is 12.8. The largest absolute Gasteiger partial charge is 0.493 e. The molecule has 176 valence electrons. The summed E-state index contributed by atoms with van der Waals surface area (Å²) >= 11 is 0. The van der Waals surface area contributed by atoms with Gasteiger partial charge in [0.15, 0.2) is 5.82 Å². The van der Waals surface area contributed by atoms with E-state index in [-0.39, 0.29) is 12.3 Å². The van der Waals surface area contributed by atoms with Gasteiger partial charge in [-0.15, -0.1) is 0 Å². The van der Waals surface area contributed by atoms with E-state index in [2.05, 4.69) is 10.1 Å². The Morgan fingerprint density at radius 2 is 1.94 bits per heavy atom. The number of hydrogen-bond donors (Lipinski definition) is 1. The van der Waals surface area contributed by atoms with E-state index in [9.17, 15) is 18.0 Å². The summed E-state index contributed by atoms with van der Waals surface area (Å²) in [6.07, 6.45) is -0.654. The van der Waals surface area contributed by atoms with Crippen molar-refractivity contribution in [1.82, 2.24) is 14.8 Å². The number of alkyl halides is 3. The average molecular weight is 461 g/mol. The van der Waals surface area contributed by atoms with Crippen molar-refractivity contribution in [2.45, 2.75) is 52.1 Å². The van der Waals surface area contributed by atoms with Crippen LogP contribution in [0, 0.1) is 6.92 Å². The lowest BCUT2D eigenvalue weighted by atomic mass is 10.0. The number of carboxylic acids is 1. The molecule has 0 aliphatic rings. The highest BCUT2D eigenvalue weighted by molar-refractivity contribution is 5.71. The molecule has 9 heteroatoms. The number of aromatic nitrogens is 3. The summed E-state index contributed by atoms with van der Waals surface area (Å²) in [5.74, 6) is 0.103. The number of pyridine rings is 1. The number of para-hydroxylation sites is 1. The first-order valence-corrected chi connectivity index (χ1v) is 10.6. The van der Waals surface area contributed by atoms with Gasteiger partial charge in [0.25, 0.3) is 0 Å².